The van der Waals surface area contributed by atoms with Crippen molar-refractivity contribution >= 4 is 17.9 Å². The number of nitrogens with zero attached hydrogens (tertiary/aromatic N) is 1. The Bertz CT molecular complexity index is 1270. The van der Waals surface area contributed by atoms with Crippen molar-refractivity contribution < 1.29 is 42.9 Å². The van der Waals surface area contributed by atoms with E-state index in [1.807, 2.05) is 21.1 Å². The first-order chi connectivity index (χ1) is 37.6. The molecule has 0 aliphatic heterocycles. The van der Waals surface area contributed by atoms with Crippen molar-refractivity contribution in [3.63, 3.8) is 0 Å². The van der Waals surface area contributed by atoms with Gasteiger partial charge in [-0.05, 0) is 38.5 Å². The van der Waals surface area contributed by atoms with Crippen LogP contribution in [0.15, 0.2) is 12.2 Å². The molecule has 2 unspecified atom stereocenters. The van der Waals surface area contributed by atoms with Crippen molar-refractivity contribution in [2.75, 3.05) is 47.5 Å². The molecule has 0 bridgehead atoms. The van der Waals surface area contributed by atoms with Gasteiger partial charge in [-0.3, -0.25) is 9.59 Å². The van der Waals surface area contributed by atoms with Gasteiger partial charge in [0.25, 0.3) is 6.29 Å². The third-order valence-electron chi connectivity index (χ3n) is 15.5. The average Bonchev–Trinajstić information content (AvgIpc) is 3.40. The van der Waals surface area contributed by atoms with Gasteiger partial charge < -0.3 is 28.5 Å². The molecular weight excluding hydrogens is 959 g/mol. The Morgan fingerprint density at radius 2 is 0.662 bits per heavy atom. The number of likely N-dealkylation sites (N-methyl/N-ethyl adjacent to an activating group) is 1. The van der Waals surface area contributed by atoms with Crippen LogP contribution in [0.5, 0.6) is 0 Å². The number of esters is 2. The zero-order valence-electron chi connectivity index (χ0n) is 52.2. The summed E-state index contributed by atoms with van der Waals surface area (Å²) in [6.07, 6.45) is 69.3. The lowest BCUT2D eigenvalue weighted by molar-refractivity contribution is -0.870. The van der Waals surface area contributed by atoms with Crippen LogP contribution in [0, 0.1) is 0 Å². The van der Waals surface area contributed by atoms with Gasteiger partial charge in [-0.2, -0.15) is 0 Å². The molecule has 0 spiro atoms. The predicted molar refractivity (Wildman–Crippen MR) is 328 cm³/mol. The van der Waals surface area contributed by atoms with Gasteiger partial charge in [-0.1, -0.05) is 309 Å². The van der Waals surface area contributed by atoms with E-state index in [1.165, 1.54) is 283 Å². The molecule has 9 heteroatoms. The van der Waals surface area contributed by atoms with Gasteiger partial charge in [-0.15, -0.1) is 0 Å². The minimum Gasteiger partial charge on any atom is -0.477 e. The van der Waals surface area contributed by atoms with E-state index < -0.39 is 18.4 Å². The number of aliphatic carboxylic acids is 1. The quantitative estimate of drug-likeness (QED) is 0.0211. The topological polar surface area (TPSA) is 108 Å². The summed E-state index contributed by atoms with van der Waals surface area (Å²) in [6.45, 7) is 4.92. The highest BCUT2D eigenvalue weighted by Crippen LogP contribution is 2.19. The van der Waals surface area contributed by atoms with Crippen LogP contribution < -0.4 is 0 Å². The second-order valence-corrected chi connectivity index (χ2v) is 24.5. The van der Waals surface area contributed by atoms with Crippen LogP contribution in [0.2, 0.25) is 0 Å². The Hall–Kier alpha value is -1.97. The highest BCUT2D eigenvalue weighted by Gasteiger charge is 2.25. The average molecular weight is 1090 g/mol. The summed E-state index contributed by atoms with van der Waals surface area (Å²) in [5, 5.41) is 9.69. The van der Waals surface area contributed by atoms with Crippen molar-refractivity contribution in [2.24, 2.45) is 0 Å². The standard InChI is InChI=1S/C68H131NO8/c1-6-8-10-12-14-16-18-19-20-21-22-23-24-25-26-27-28-29-30-31-32-33-34-35-36-37-38-39-40-41-42-43-44-45-46-47-49-51-53-55-57-59-66(71)77-64(63-76-68(67(72)73)74-61-60-69(3,4)5)62-75-65(70)58-56-54-52-50-48-17-15-13-11-9-7-2/h21-22,64,68H,6-20,23-63H2,1-5H3/p+1/b22-21-. The SMILES string of the molecule is CCCCCCCCCC/C=C\CCCCCCCCCCCCCCCCCCCCCCCCCCCCCCCC(=O)OC(COC(=O)CCCCCCCCCCCCC)COC(OCC[N+](C)(C)C)C(=O)O. The van der Waals surface area contributed by atoms with Gasteiger partial charge in [0.15, 0.2) is 6.10 Å². The van der Waals surface area contributed by atoms with Gasteiger partial charge in [-0.25, -0.2) is 4.79 Å². The Kier molecular flexibility index (Phi) is 58.6. The van der Waals surface area contributed by atoms with E-state index in [9.17, 15) is 19.5 Å². The van der Waals surface area contributed by atoms with Gasteiger partial charge >= 0.3 is 17.9 Å². The summed E-state index contributed by atoms with van der Waals surface area (Å²) in [7, 11) is 5.98. The first kappa shape index (κ1) is 75.0. The number of carboxylic acid groups (broad SMARTS) is 1. The minimum absolute atomic E-state index is 0.174. The second-order valence-electron chi connectivity index (χ2n) is 24.5. The lowest BCUT2D eigenvalue weighted by Gasteiger charge is -2.25. The number of allylic oxidation sites excluding steroid dienone is 2. The van der Waals surface area contributed by atoms with Crippen LogP contribution in [0.4, 0.5) is 0 Å². The summed E-state index contributed by atoms with van der Waals surface area (Å²) in [5.41, 5.74) is 0. The molecule has 0 amide bonds. The van der Waals surface area contributed by atoms with Crippen molar-refractivity contribution in [2.45, 2.75) is 360 Å². The minimum atomic E-state index is -1.50. The number of rotatable bonds is 64. The van der Waals surface area contributed by atoms with Crippen LogP contribution in [0.25, 0.3) is 0 Å². The zero-order chi connectivity index (χ0) is 56.2. The summed E-state index contributed by atoms with van der Waals surface area (Å²) < 4.78 is 22.9. The molecular formula is C68H132NO8+. The number of hydrogen-bond donors (Lipinski definition) is 1. The van der Waals surface area contributed by atoms with Crippen molar-refractivity contribution in [3.8, 4) is 0 Å². The maximum atomic E-state index is 12.9. The van der Waals surface area contributed by atoms with Crippen molar-refractivity contribution in [1.29, 1.82) is 0 Å². The normalized spacial score (nSPS) is 12.7. The Balaban J connectivity index is 3.82. The smallest absolute Gasteiger partial charge is 0.361 e. The number of unbranched alkanes of at least 4 members (excludes halogenated alkanes) is 47. The van der Waals surface area contributed by atoms with Gasteiger partial charge in [0.2, 0.25) is 0 Å². The van der Waals surface area contributed by atoms with E-state index in [1.54, 1.807) is 0 Å². The molecule has 9 nitrogen and oxygen atoms in total. The monoisotopic (exact) mass is 1090 g/mol. The first-order valence-electron chi connectivity index (χ1n) is 33.9. The molecule has 0 saturated carbocycles. The fourth-order valence-corrected chi connectivity index (χ4v) is 10.3. The van der Waals surface area contributed by atoms with Crippen LogP contribution >= 0.6 is 0 Å². The molecule has 0 rings (SSSR count). The fourth-order valence-electron chi connectivity index (χ4n) is 10.3. The highest BCUT2D eigenvalue weighted by atomic mass is 16.7. The highest BCUT2D eigenvalue weighted by molar-refractivity contribution is 5.71. The molecule has 2 atom stereocenters. The third-order valence-corrected chi connectivity index (χ3v) is 15.5. The second kappa shape index (κ2) is 60.1. The van der Waals surface area contributed by atoms with Crippen LogP contribution in [0.3, 0.4) is 0 Å². The van der Waals surface area contributed by atoms with Gasteiger partial charge in [0.1, 0.15) is 13.2 Å². The molecule has 0 heterocycles. The summed E-state index contributed by atoms with van der Waals surface area (Å²) in [5.74, 6) is -1.98. The van der Waals surface area contributed by atoms with E-state index >= 15 is 0 Å². The predicted octanol–water partition coefficient (Wildman–Crippen LogP) is 20.5. The summed E-state index contributed by atoms with van der Waals surface area (Å²) >= 11 is 0. The van der Waals surface area contributed by atoms with E-state index in [0.717, 1.165) is 38.5 Å². The molecule has 0 saturated heterocycles. The third kappa shape index (κ3) is 61.5. The Morgan fingerprint density at radius 1 is 0.377 bits per heavy atom. The number of hydrogen-bond acceptors (Lipinski definition) is 7. The van der Waals surface area contributed by atoms with Crippen molar-refractivity contribution in [1.82, 2.24) is 0 Å². The summed E-state index contributed by atoms with van der Waals surface area (Å²) in [6, 6.07) is 0. The maximum absolute atomic E-state index is 12.9. The van der Waals surface area contributed by atoms with Gasteiger partial charge in [0.05, 0.1) is 34.4 Å². The fraction of sp³-hybridized carbons (Fsp3) is 0.926. The lowest BCUT2D eigenvalue weighted by atomic mass is 10.0. The Labute approximate surface area is 478 Å². The van der Waals surface area contributed by atoms with E-state index in [2.05, 4.69) is 26.0 Å². The molecule has 0 fully saturated rings. The largest absolute Gasteiger partial charge is 0.477 e. The maximum Gasteiger partial charge on any atom is 0.361 e. The molecule has 0 aromatic rings. The number of quaternary nitrogens is 1. The number of carboxylic acids is 1. The Morgan fingerprint density at radius 3 is 0.961 bits per heavy atom. The van der Waals surface area contributed by atoms with Gasteiger partial charge in [0, 0.05) is 12.8 Å². The van der Waals surface area contributed by atoms with E-state index in [0.29, 0.717) is 17.4 Å². The molecule has 0 aliphatic carbocycles. The molecule has 0 aromatic carbocycles. The lowest BCUT2D eigenvalue weighted by Crippen LogP contribution is -2.40. The number of carbonyl (C=O) groups excluding carboxylic acids is 2. The van der Waals surface area contributed by atoms with E-state index in [-0.39, 0.29) is 38.2 Å². The first-order valence-corrected chi connectivity index (χ1v) is 33.9. The molecule has 0 aliphatic rings. The molecule has 0 radical (unpaired) electrons. The molecule has 456 valence electrons. The molecule has 77 heavy (non-hydrogen) atoms. The van der Waals surface area contributed by atoms with Crippen LogP contribution in [-0.4, -0.2) is 87.4 Å². The molecule has 1 N–H and O–H groups in total. The summed E-state index contributed by atoms with van der Waals surface area (Å²) in [4.78, 5) is 37.3. The van der Waals surface area contributed by atoms with Crippen LogP contribution in [-0.2, 0) is 33.3 Å². The van der Waals surface area contributed by atoms with Crippen LogP contribution in [0.1, 0.15) is 348 Å². The van der Waals surface area contributed by atoms with E-state index in [4.69, 9.17) is 18.9 Å². The zero-order valence-corrected chi connectivity index (χ0v) is 52.2. The van der Waals surface area contributed by atoms with Crippen molar-refractivity contribution in [3.05, 3.63) is 12.2 Å². The number of carbonyl (C=O) groups is 3. The molecule has 0 aromatic heterocycles. The number of ether oxygens (including phenoxy) is 4.